The maximum atomic E-state index is 9.64. The fourth-order valence-corrected chi connectivity index (χ4v) is 3.85. The topological polar surface area (TPSA) is 61.5 Å². The van der Waals surface area contributed by atoms with Crippen LogP contribution in [0.3, 0.4) is 0 Å². The smallest absolute Gasteiger partial charge is 0.0578 e. The lowest BCUT2D eigenvalue weighted by Crippen LogP contribution is -2.46. The van der Waals surface area contributed by atoms with Gasteiger partial charge in [-0.15, -0.1) is 0 Å². The molecule has 1 heterocycles. The van der Waals surface area contributed by atoms with E-state index in [0.717, 1.165) is 50.1 Å². The van der Waals surface area contributed by atoms with E-state index in [1.807, 2.05) is 6.07 Å². The molecule has 2 aliphatic rings. The Hall–Kier alpha value is -1.26. The molecule has 0 radical (unpaired) electrons. The Kier molecular flexibility index (Phi) is 4.89. The normalized spacial score (nSPS) is 27.7. The van der Waals surface area contributed by atoms with Gasteiger partial charge in [0.05, 0.1) is 17.5 Å². The number of hydrogen-bond acceptors (Lipinski definition) is 4. The lowest BCUT2D eigenvalue weighted by atomic mass is 9.90. The molecule has 0 bridgehead atoms. The number of aryl methyl sites for hydroxylation is 1. The van der Waals surface area contributed by atoms with Gasteiger partial charge in [0, 0.05) is 25.2 Å². The van der Waals surface area contributed by atoms with Crippen molar-refractivity contribution in [1.29, 1.82) is 0 Å². The van der Waals surface area contributed by atoms with Crippen molar-refractivity contribution in [3.05, 3.63) is 23.8 Å². The lowest BCUT2D eigenvalue weighted by molar-refractivity contribution is 0.0633. The molecule has 4 heteroatoms. The Morgan fingerprint density at radius 3 is 2.45 bits per heavy atom. The molecular formula is C18H29N3O. The maximum absolute atomic E-state index is 9.64. The molecule has 122 valence electrons. The highest BCUT2D eigenvalue weighted by atomic mass is 16.3. The van der Waals surface area contributed by atoms with Gasteiger partial charge < -0.3 is 21.1 Å². The first kappa shape index (κ1) is 15.6. The summed E-state index contributed by atoms with van der Waals surface area (Å²) in [6.45, 7) is 4.42. The SMILES string of the molecule is Cc1ccc(N)c(NC2CCN(C3CCC(O)CC3)CC2)c1. The number of hydrogen-bond donors (Lipinski definition) is 3. The zero-order chi connectivity index (χ0) is 15.5. The summed E-state index contributed by atoms with van der Waals surface area (Å²) in [6.07, 6.45) is 6.55. The van der Waals surface area contributed by atoms with Gasteiger partial charge in [-0.05, 0) is 63.1 Å². The van der Waals surface area contributed by atoms with Crippen LogP contribution in [0.2, 0.25) is 0 Å². The van der Waals surface area contributed by atoms with E-state index in [-0.39, 0.29) is 6.10 Å². The van der Waals surface area contributed by atoms with Crippen molar-refractivity contribution in [2.75, 3.05) is 24.1 Å². The van der Waals surface area contributed by atoms with Crippen molar-refractivity contribution in [2.24, 2.45) is 0 Å². The summed E-state index contributed by atoms with van der Waals surface area (Å²) in [6, 6.07) is 7.40. The molecule has 1 saturated carbocycles. The van der Waals surface area contributed by atoms with Gasteiger partial charge >= 0.3 is 0 Å². The second-order valence-corrected chi connectivity index (χ2v) is 7.01. The van der Waals surface area contributed by atoms with E-state index in [0.29, 0.717) is 12.1 Å². The van der Waals surface area contributed by atoms with Crippen molar-refractivity contribution in [3.8, 4) is 0 Å². The summed E-state index contributed by atoms with van der Waals surface area (Å²) in [7, 11) is 0. The fourth-order valence-electron chi connectivity index (χ4n) is 3.85. The van der Waals surface area contributed by atoms with Gasteiger partial charge in [0.15, 0.2) is 0 Å². The zero-order valence-corrected chi connectivity index (χ0v) is 13.6. The highest BCUT2D eigenvalue weighted by Gasteiger charge is 2.28. The number of benzene rings is 1. The minimum atomic E-state index is -0.0558. The first-order chi connectivity index (χ1) is 10.6. The average Bonchev–Trinajstić information content (AvgIpc) is 2.53. The van der Waals surface area contributed by atoms with Gasteiger partial charge in [0.1, 0.15) is 0 Å². The third kappa shape index (κ3) is 3.73. The molecule has 4 N–H and O–H groups in total. The van der Waals surface area contributed by atoms with Gasteiger partial charge in [-0.2, -0.15) is 0 Å². The van der Waals surface area contributed by atoms with Gasteiger partial charge in [0.2, 0.25) is 0 Å². The quantitative estimate of drug-likeness (QED) is 0.751. The summed E-state index contributed by atoms with van der Waals surface area (Å²) in [5.41, 5.74) is 9.24. The van der Waals surface area contributed by atoms with E-state index in [1.165, 1.54) is 18.4 Å². The average molecular weight is 303 g/mol. The molecule has 1 aromatic carbocycles. The number of nitrogen functional groups attached to an aromatic ring is 1. The van der Waals surface area contributed by atoms with Crippen LogP contribution in [0.5, 0.6) is 0 Å². The Balaban J connectivity index is 1.50. The molecule has 4 nitrogen and oxygen atoms in total. The molecule has 1 aromatic rings. The highest BCUT2D eigenvalue weighted by molar-refractivity contribution is 5.67. The Morgan fingerprint density at radius 2 is 1.77 bits per heavy atom. The van der Waals surface area contributed by atoms with Crippen molar-refractivity contribution in [2.45, 2.75) is 63.6 Å². The lowest BCUT2D eigenvalue weighted by Gasteiger charge is -2.40. The molecule has 22 heavy (non-hydrogen) atoms. The van der Waals surface area contributed by atoms with Crippen molar-refractivity contribution < 1.29 is 5.11 Å². The van der Waals surface area contributed by atoms with Gasteiger partial charge in [-0.3, -0.25) is 0 Å². The number of aliphatic hydroxyl groups is 1. The van der Waals surface area contributed by atoms with Gasteiger partial charge in [-0.1, -0.05) is 6.07 Å². The van der Waals surface area contributed by atoms with Crippen LogP contribution in [0.15, 0.2) is 18.2 Å². The minimum Gasteiger partial charge on any atom is -0.397 e. The summed E-state index contributed by atoms with van der Waals surface area (Å²) in [4.78, 5) is 2.63. The first-order valence-electron chi connectivity index (χ1n) is 8.66. The van der Waals surface area contributed by atoms with E-state index >= 15 is 0 Å². The summed E-state index contributed by atoms with van der Waals surface area (Å²) in [5, 5.41) is 13.3. The number of aliphatic hydroxyl groups excluding tert-OH is 1. The van der Waals surface area contributed by atoms with Crippen LogP contribution in [0.1, 0.15) is 44.1 Å². The molecule has 1 saturated heterocycles. The standard InChI is InChI=1S/C18H29N3O/c1-13-2-7-17(19)18(12-13)20-14-8-10-21(11-9-14)15-3-5-16(22)6-4-15/h2,7,12,14-16,20,22H,3-6,8-11,19H2,1H3. The summed E-state index contributed by atoms with van der Waals surface area (Å²) in [5.74, 6) is 0. The molecule has 0 aromatic heterocycles. The van der Waals surface area contributed by atoms with E-state index in [9.17, 15) is 5.11 Å². The number of nitrogens with one attached hydrogen (secondary N) is 1. The van der Waals surface area contributed by atoms with E-state index in [1.54, 1.807) is 0 Å². The fraction of sp³-hybridized carbons (Fsp3) is 0.667. The third-order valence-electron chi connectivity index (χ3n) is 5.28. The Morgan fingerprint density at radius 1 is 1.09 bits per heavy atom. The number of nitrogens with two attached hydrogens (primary N) is 1. The van der Waals surface area contributed by atoms with Crippen molar-refractivity contribution >= 4 is 11.4 Å². The van der Waals surface area contributed by atoms with Crippen molar-refractivity contribution in [3.63, 3.8) is 0 Å². The Bertz CT molecular complexity index is 489. The molecule has 0 spiro atoms. The Labute approximate surface area is 133 Å². The third-order valence-corrected chi connectivity index (χ3v) is 5.28. The molecule has 1 aliphatic carbocycles. The van der Waals surface area contributed by atoms with Crippen LogP contribution in [0, 0.1) is 6.92 Å². The van der Waals surface area contributed by atoms with E-state index in [2.05, 4.69) is 29.3 Å². The highest BCUT2D eigenvalue weighted by Crippen LogP contribution is 2.28. The monoisotopic (exact) mass is 303 g/mol. The molecule has 3 rings (SSSR count). The zero-order valence-electron chi connectivity index (χ0n) is 13.6. The minimum absolute atomic E-state index is 0.0558. The van der Waals surface area contributed by atoms with Crippen LogP contribution < -0.4 is 11.1 Å². The number of piperidine rings is 1. The summed E-state index contributed by atoms with van der Waals surface area (Å²) < 4.78 is 0. The van der Waals surface area contributed by atoms with Crippen LogP contribution in [-0.4, -0.2) is 41.3 Å². The second-order valence-electron chi connectivity index (χ2n) is 7.01. The number of anilines is 2. The first-order valence-corrected chi connectivity index (χ1v) is 8.66. The molecule has 2 fully saturated rings. The predicted molar refractivity (Wildman–Crippen MR) is 92.1 cm³/mol. The number of rotatable bonds is 3. The molecular weight excluding hydrogens is 274 g/mol. The predicted octanol–water partition coefficient (Wildman–Crippen LogP) is 2.76. The van der Waals surface area contributed by atoms with Gasteiger partial charge in [-0.25, -0.2) is 0 Å². The van der Waals surface area contributed by atoms with E-state index in [4.69, 9.17) is 5.73 Å². The number of likely N-dealkylation sites (tertiary alicyclic amines) is 1. The number of nitrogens with zero attached hydrogens (tertiary/aromatic N) is 1. The van der Waals surface area contributed by atoms with Crippen LogP contribution in [-0.2, 0) is 0 Å². The van der Waals surface area contributed by atoms with Crippen LogP contribution in [0.4, 0.5) is 11.4 Å². The molecule has 0 unspecified atom stereocenters. The molecule has 1 aliphatic heterocycles. The largest absolute Gasteiger partial charge is 0.397 e. The van der Waals surface area contributed by atoms with Crippen molar-refractivity contribution in [1.82, 2.24) is 4.90 Å². The van der Waals surface area contributed by atoms with Gasteiger partial charge in [0.25, 0.3) is 0 Å². The molecule has 0 atom stereocenters. The maximum Gasteiger partial charge on any atom is 0.0578 e. The summed E-state index contributed by atoms with van der Waals surface area (Å²) >= 11 is 0. The molecule has 0 amide bonds. The second kappa shape index (κ2) is 6.88. The van der Waals surface area contributed by atoms with Crippen LogP contribution in [0.25, 0.3) is 0 Å². The van der Waals surface area contributed by atoms with Crippen LogP contribution >= 0.6 is 0 Å². The van der Waals surface area contributed by atoms with E-state index < -0.39 is 0 Å².